The van der Waals surface area contributed by atoms with Crippen molar-refractivity contribution in [2.75, 3.05) is 20.3 Å². The van der Waals surface area contributed by atoms with Gasteiger partial charge in [0, 0.05) is 13.2 Å². The Labute approximate surface area is 102 Å². The highest BCUT2D eigenvalue weighted by Crippen LogP contribution is 2.23. The molecule has 0 saturated carbocycles. The number of benzene rings is 1. The summed E-state index contributed by atoms with van der Waals surface area (Å²) in [6, 6.07) is 4.66. The Hall–Kier alpha value is -0.650. The molecule has 1 aromatic carbocycles. The van der Waals surface area contributed by atoms with Gasteiger partial charge in [0.2, 0.25) is 0 Å². The number of halogens is 2. The monoisotopic (exact) mass is 290 g/mol. The van der Waals surface area contributed by atoms with Crippen LogP contribution in [0.3, 0.4) is 0 Å². The Morgan fingerprint density at radius 3 is 2.81 bits per heavy atom. The molecule has 2 rings (SSSR count). The molecule has 0 aliphatic carbocycles. The molecule has 0 amide bonds. The van der Waals surface area contributed by atoms with Gasteiger partial charge >= 0.3 is 0 Å². The molecule has 3 nitrogen and oxygen atoms in total. The van der Waals surface area contributed by atoms with Crippen LogP contribution in [0.15, 0.2) is 22.7 Å². The first kappa shape index (κ1) is 11.8. The van der Waals surface area contributed by atoms with Gasteiger partial charge in [-0.05, 0) is 28.1 Å². The molecule has 1 fully saturated rings. The van der Waals surface area contributed by atoms with E-state index in [0.717, 1.165) is 0 Å². The second-order valence-corrected chi connectivity index (χ2v) is 4.40. The second-order valence-electron chi connectivity index (χ2n) is 3.54. The first-order chi connectivity index (χ1) is 7.70. The summed E-state index contributed by atoms with van der Waals surface area (Å²) in [4.78, 5) is 0. The van der Waals surface area contributed by atoms with Crippen LogP contribution in [0.25, 0.3) is 0 Å². The second kappa shape index (κ2) is 5.12. The average Bonchev–Trinajstić information content (AvgIpc) is 2.71. The zero-order valence-corrected chi connectivity index (χ0v) is 10.4. The summed E-state index contributed by atoms with van der Waals surface area (Å²) in [6.45, 7) is 0.983. The molecule has 88 valence electrons. The minimum atomic E-state index is -0.342. The van der Waals surface area contributed by atoms with Crippen LogP contribution < -0.4 is 4.74 Å². The van der Waals surface area contributed by atoms with Gasteiger partial charge in [0.1, 0.15) is 17.7 Å². The van der Waals surface area contributed by atoms with Crippen molar-refractivity contribution in [3.05, 3.63) is 28.5 Å². The summed E-state index contributed by atoms with van der Waals surface area (Å²) >= 11 is 3.09. The van der Waals surface area contributed by atoms with Crippen molar-refractivity contribution in [2.45, 2.75) is 12.2 Å². The maximum absolute atomic E-state index is 13.2. The molecule has 0 bridgehead atoms. The Kier molecular flexibility index (Phi) is 3.78. The summed E-state index contributed by atoms with van der Waals surface area (Å²) in [5.41, 5.74) is 0. The van der Waals surface area contributed by atoms with Gasteiger partial charge in [0.25, 0.3) is 0 Å². The predicted octanol–water partition coefficient (Wildman–Crippen LogP) is 2.38. The Balaban J connectivity index is 2.05. The number of hydrogen-bond acceptors (Lipinski definition) is 3. The van der Waals surface area contributed by atoms with Crippen molar-refractivity contribution in [3.63, 3.8) is 0 Å². The van der Waals surface area contributed by atoms with E-state index in [0.29, 0.717) is 23.4 Å². The quantitative estimate of drug-likeness (QED) is 0.855. The molecule has 0 N–H and O–H groups in total. The van der Waals surface area contributed by atoms with Gasteiger partial charge in [-0.3, -0.25) is 0 Å². The van der Waals surface area contributed by atoms with Crippen LogP contribution >= 0.6 is 15.9 Å². The normalized spacial score (nSPS) is 24.7. The molecule has 16 heavy (non-hydrogen) atoms. The number of hydrogen-bond donors (Lipinski definition) is 0. The number of methoxy groups -OCH3 is 1. The fourth-order valence-electron chi connectivity index (χ4n) is 1.57. The van der Waals surface area contributed by atoms with Crippen LogP contribution in [0.2, 0.25) is 0 Å². The summed E-state index contributed by atoms with van der Waals surface area (Å²) in [7, 11) is 1.61. The molecular weight excluding hydrogens is 279 g/mol. The Morgan fingerprint density at radius 2 is 2.12 bits per heavy atom. The van der Waals surface area contributed by atoms with E-state index in [1.54, 1.807) is 19.2 Å². The van der Waals surface area contributed by atoms with E-state index < -0.39 is 0 Å². The van der Waals surface area contributed by atoms with Crippen molar-refractivity contribution in [1.82, 2.24) is 0 Å². The van der Waals surface area contributed by atoms with E-state index in [2.05, 4.69) is 15.9 Å². The lowest BCUT2D eigenvalue weighted by Crippen LogP contribution is -2.31. The van der Waals surface area contributed by atoms with Crippen molar-refractivity contribution < 1.29 is 18.6 Å². The first-order valence-electron chi connectivity index (χ1n) is 4.93. The molecule has 0 radical (unpaired) electrons. The molecule has 1 aromatic rings. The third-order valence-corrected chi connectivity index (χ3v) is 3.10. The van der Waals surface area contributed by atoms with Gasteiger partial charge in [-0.25, -0.2) is 4.39 Å². The maximum Gasteiger partial charge on any atom is 0.150 e. The first-order valence-corrected chi connectivity index (χ1v) is 5.72. The highest BCUT2D eigenvalue weighted by atomic mass is 79.9. The molecular formula is C11H12BrFO3. The topological polar surface area (TPSA) is 27.7 Å². The highest BCUT2D eigenvalue weighted by Gasteiger charge is 2.30. The van der Waals surface area contributed by atoms with E-state index in [9.17, 15) is 4.39 Å². The molecule has 2 atom stereocenters. The van der Waals surface area contributed by atoms with Gasteiger partial charge < -0.3 is 14.2 Å². The van der Waals surface area contributed by atoms with Gasteiger partial charge in [0.15, 0.2) is 6.10 Å². The van der Waals surface area contributed by atoms with Crippen LogP contribution in [0.4, 0.5) is 4.39 Å². The summed E-state index contributed by atoms with van der Waals surface area (Å²) in [5, 5.41) is 0. The third-order valence-electron chi connectivity index (χ3n) is 2.46. The van der Waals surface area contributed by atoms with Crippen molar-refractivity contribution in [1.29, 1.82) is 0 Å². The molecule has 0 unspecified atom stereocenters. The van der Waals surface area contributed by atoms with Crippen molar-refractivity contribution >= 4 is 15.9 Å². The molecule has 1 saturated heterocycles. The maximum atomic E-state index is 13.2. The lowest BCUT2D eigenvalue weighted by Gasteiger charge is -2.18. The molecule has 0 aromatic heterocycles. The molecule has 1 aliphatic rings. The minimum Gasteiger partial charge on any atom is -0.485 e. The van der Waals surface area contributed by atoms with E-state index in [-0.39, 0.29) is 18.0 Å². The van der Waals surface area contributed by atoms with E-state index in [1.165, 1.54) is 6.07 Å². The standard InChI is InChI=1S/C11H12BrFO3/c1-14-10-5-15-6-11(10)16-7-2-3-8(12)9(13)4-7/h2-4,10-11H,5-6H2,1H3/t10-,11-/m0/s1. The van der Waals surface area contributed by atoms with Crippen LogP contribution in [0, 0.1) is 5.82 Å². The van der Waals surface area contributed by atoms with Crippen LogP contribution in [0.5, 0.6) is 5.75 Å². The van der Waals surface area contributed by atoms with Crippen LogP contribution in [-0.2, 0) is 9.47 Å². The molecule has 0 spiro atoms. The predicted molar refractivity (Wildman–Crippen MR) is 60.1 cm³/mol. The number of ether oxygens (including phenoxy) is 3. The minimum absolute atomic E-state index is 0.0910. The SMILES string of the molecule is CO[C@H]1COC[C@@H]1Oc1ccc(Br)c(F)c1. The van der Waals surface area contributed by atoms with Crippen molar-refractivity contribution in [3.8, 4) is 5.75 Å². The number of rotatable bonds is 3. The van der Waals surface area contributed by atoms with Crippen LogP contribution in [-0.4, -0.2) is 32.5 Å². The van der Waals surface area contributed by atoms with Gasteiger partial charge in [-0.15, -0.1) is 0 Å². The average molecular weight is 291 g/mol. The van der Waals surface area contributed by atoms with Crippen LogP contribution in [0.1, 0.15) is 0 Å². The van der Waals surface area contributed by atoms with Gasteiger partial charge in [-0.2, -0.15) is 0 Å². The molecule has 1 heterocycles. The Morgan fingerprint density at radius 1 is 1.38 bits per heavy atom. The fraction of sp³-hybridized carbons (Fsp3) is 0.455. The third kappa shape index (κ3) is 2.53. The van der Waals surface area contributed by atoms with Gasteiger partial charge in [0.05, 0.1) is 17.7 Å². The zero-order chi connectivity index (χ0) is 11.5. The summed E-state index contributed by atoms with van der Waals surface area (Å²) in [5.74, 6) is 0.142. The largest absolute Gasteiger partial charge is 0.485 e. The van der Waals surface area contributed by atoms with E-state index in [1.807, 2.05) is 0 Å². The smallest absolute Gasteiger partial charge is 0.150 e. The fourth-order valence-corrected chi connectivity index (χ4v) is 1.82. The van der Waals surface area contributed by atoms with E-state index >= 15 is 0 Å². The molecule has 5 heteroatoms. The van der Waals surface area contributed by atoms with E-state index in [4.69, 9.17) is 14.2 Å². The summed E-state index contributed by atoms with van der Waals surface area (Å²) in [6.07, 6.45) is -0.266. The Bertz CT molecular complexity index is 372. The lowest BCUT2D eigenvalue weighted by molar-refractivity contribution is 0.0325. The zero-order valence-electron chi connectivity index (χ0n) is 8.78. The lowest BCUT2D eigenvalue weighted by atomic mass is 10.2. The highest BCUT2D eigenvalue weighted by molar-refractivity contribution is 9.10. The molecule has 1 aliphatic heterocycles. The van der Waals surface area contributed by atoms with Gasteiger partial charge in [-0.1, -0.05) is 0 Å². The summed E-state index contributed by atoms with van der Waals surface area (Å²) < 4.78 is 29.7. The van der Waals surface area contributed by atoms with Crippen molar-refractivity contribution in [2.24, 2.45) is 0 Å².